The molecule has 1 N–H and O–H groups in total. The number of ether oxygens (including phenoxy) is 1. The second kappa shape index (κ2) is 6.05. The smallest absolute Gasteiger partial charge is 0.141 e. The lowest BCUT2D eigenvalue weighted by Gasteiger charge is -2.10. The molecule has 1 aromatic rings. The third-order valence-corrected chi connectivity index (χ3v) is 2.40. The van der Waals surface area contributed by atoms with Gasteiger partial charge < -0.3 is 9.84 Å². The van der Waals surface area contributed by atoms with E-state index in [1.54, 1.807) is 13.2 Å². The number of aliphatic hydroxyl groups excluding tert-OH is 1. The van der Waals surface area contributed by atoms with E-state index in [4.69, 9.17) is 16.3 Å². The van der Waals surface area contributed by atoms with Gasteiger partial charge in [-0.05, 0) is 30.5 Å². The highest BCUT2D eigenvalue weighted by Gasteiger charge is 2.07. The van der Waals surface area contributed by atoms with E-state index in [0.29, 0.717) is 19.4 Å². The molecule has 0 aliphatic carbocycles. The van der Waals surface area contributed by atoms with Crippen LogP contribution >= 0.6 is 11.6 Å². The Balaban J connectivity index is 2.53. The second-order valence-corrected chi connectivity index (χ2v) is 3.80. The zero-order valence-electron chi connectivity index (χ0n) is 8.54. The molecule has 0 aliphatic heterocycles. The Bertz CT molecular complexity index is 317. The summed E-state index contributed by atoms with van der Waals surface area (Å²) in [5, 5.41) is 9.67. The first kappa shape index (κ1) is 12.4. The Morgan fingerprint density at radius 3 is 2.87 bits per heavy atom. The normalized spacial score (nSPS) is 12.8. The van der Waals surface area contributed by atoms with Gasteiger partial charge in [0.25, 0.3) is 0 Å². The molecule has 0 amide bonds. The summed E-state index contributed by atoms with van der Waals surface area (Å²) in [6.45, 7) is 0.510. The summed E-state index contributed by atoms with van der Waals surface area (Å²) in [6, 6.07) is 4.46. The monoisotopic (exact) mass is 232 g/mol. The number of hydrogen-bond donors (Lipinski definition) is 1. The van der Waals surface area contributed by atoms with Crippen LogP contribution in [0.3, 0.4) is 0 Å². The van der Waals surface area contributed by atoms with Crippen LogP contribution in [0.4, 0.5) is 4.39 Å². The van der Waals surface area contributed by atoms with E-state index in [0.717, 1.165) is 5.56 Å². The van der Waals surface area contributed by atoms with Crippen molar-refractivity contribution >= 4 is 11.6 Å². The summed E-state index contributed by atoms with van der Waals surface area (Å²) < 4.78 is 17.7. The van der Waals surface area contributed by atoms with Crippen molar-refractivity contribution in [1.29, 1.82) is 0 Å². The third kappa shape index (κ3) is 4.16. The van der Waals surface area contributed by atoms with Crippen LogP contribution in [0.15, 0.2) is 18.2 Å². The van der Waals surface area contributed by atoms with E-state index in [1.165, 1.54) is 12.1 Å². The highest BCUT2D eigenvalue weighted by Crippen LogP contribution is 2.17. The summed E-state index contributed by atoms with van der Waals surface area (Å²) in [4.78, 5) is 0. The van der Waals surface area contributed by atoms with E-state index in [9.17, 15) is 9.50 Å². The summed E-state index contributed by atoms with van der Waals surface area (Å²) in [5.41, 5.74) is 0.824. The number of aliphatic hydroxyl groups is 1. The van der Waals surface area contributed by atoms with Gasteiger partial charge in [0, 0.05) is 13.7 Å². The number of methoxy groups -OCH3 is 1. The van der Waals surface area contributed by atoms with Crippen LogP contribution in [0.2, 0.25) is 5.02 Å². The molecule has 0 bridgehead atoms. The van der Waals surface area contributed by atoms with Gasteiger partial charge in [0.1, 0.15) is 5.82 Å². The van der Waals surface area contributed by atoms with Crippen LogP contribution in [-0.4, -0.2) is 24.9 Å². The van der Waals surface area contributed by atoms with Crippen LogP contribution in [0.5, 0.6) is 0 Å². The van der Waals surface area contributed by atoms with Gasteiger partial charge in [0.2, 0.25) is 0 Å². The summed E-state index contributed by atoms with van der Waals surface area (Å²) >= 11 is 5.62. The van der Waals surface area contributed by atoms with E-state index in [2.05, 4.69) is 0 Å². The van der Waals surface area contributed by atoms with E-state index >= 15 is 0 Å². The minimum atomic E-state index is -0.480. The molecule has 0 radical (unpaired) electrons. The Labute approximate surface area is 93.6 Å². The first-order chi connectivity index (χ1) is 7.13. The maximum absolute atomic E-state index is 12.8. The quantitative estimate of drug-likeness (QED) is 0.845. The molecule has 0 saturated carbocycles. The predicted octanol–water partition coefficient (Wildman–Crippen LogP) is 2.42. The minimum absolute atomic E-state index is 0.0893. The fourth-order valence-corrected chi connectivity index (χ4v) is 1.50. The number of rotatable bonds is 5. The first-order valence-electron chi connectivity index (χ1n) is 4.74. The van der Waals surface area contributed by atoms with Crippen LogP contribution in [0.1, 0.15) is 12.0 Å². The lowest BCUT2D eigenvalue weighted by molar-refractivity contribution is 0.110. The van der Waals surface area contributed by atoms with Crippen molar-refractivity contribution in [3.63, 3.8) is 0 Å². The molecule has 0 aliphatic rings. The molecule has 1 atom stereocenters. The first-order valence-corrected chi connectivity index (χ1v) is 5.12. The second-order valence-electron chi connectivity index (χ2n) is 3.39. The van der Waals surface area contributed by atoms with Gasteiger partial charge in [-0.25, -0.2) is 4.39 Å². The van der Waals surface area contributed by atoms with Gasteiger partial charge in [-0.1, -0.05) is 17.7 Å². The Morgan fingerprint density at radius 2 is 2.27 bits per heavy atom. The molecule has 2 nitrogen and oxygen atoms in total. The lowest BCUT2D eigenvalue weighted by Crippen LogP contribution is -2.13. The topological polar surface area (TPSA) is 29.5 Å². The van der Waals surface area contributed by atoms with Crippen molar-refractivity contribution in [2.75, 3.05) is 13.7 Å². The zero-order valence-corrected chi connectivity index (χ0v) is 9.30. The molecule has 1 rings (SSSR count). The Kier molecular flexibility index (Phi) is 5.02. The standard InChI is InChI=1S/C11H14ClFO2/c1-15-5-4-9(14)6-8-2-3-11(13)10(12)7-8/h2-3,7,9,14H,4-6H2,1H3. The van der Waals surface area contributed by atoms with Gasteiger partial charge in [0.15, 0.2) is 0 Å². The highest BCUT2D eigenvalue weighted by molar-refractivity contribution is 6.30. The average molecular weight is 233 g/mol. The van der Waals surface area contributed by atoms with E-state index in [-0.39, 0.29) is 5.02 Å². The predicted molar refractivity (Wildman–Crippen MR) is 57.6 cm³/mol. The fraction of sp³-hybridized carbons (Fsp3) is 0.455. The molecule has 0 heterocycles. The number of hydrogen-bond acceptors (Lipinski definition) is 2. The molecule has 0 aromatic heterocycles. The highest BCUT2D eigenvalue weighted by atomic mass is 35.5. The van der Waals surface area contributed by atoms with Gasteiger partial charge in [-0.3, -0.25) is 0 Å². The molecule has 0 fully saturated rings. The molecular formula is C11H14ClFO2. The van der Waals surface area contributed by atoms with Crippen molar-refractivity contribution in [2.24, 2.45) is 0 Å². The molecule has 0 saturated heterocycles. The molecular weight excluding hydrogens is 219 g/mol. The molecule has 1 unspecified atom stereocenters. The van der Waals surface area contributed by atoms with E-state index < -0.39 is 11.9 Å². The SMILES string of the molecule is COCCC(O)Cc1ccc(F)c(Cl)c1. The van der Waals surface area contributed by atoms with Gasteiger partial charge >= 0.3 is 0 Å². The average Bonchev–Trinajstić information content (AvgIpc) is 2.20. The van der Waals surface area contributed by atoms with Crippen LogP contribution in [0, 0.1) is 5.82 Å². The number of benzene rings is 1. The largest absolute Gasteiger partial charge is 0.393 e. The molecule has 1 aromatic carbocycles. The maximum atomic E-state index is 12.8. The van der Waals surface area contributed by atoms with Crippen molar-refractivity contribution in [2.45, 2.75) is 18.9 Å². The molecule has 0 spiro atoms. The van der Waals surface area contributed by atoms with Gasteiger partial charge in [-0.15, -0.1) is 0 Å². The minimum Gasteiger partial charge on any atom is -0.393 e. The van der Waals surface area contributed by atoms with Crippen molar-refractivity contribution in [3.8, 4) is 0 Å². The zero-order chi connectivity index (χ0) is 11.3. The van der Waals surface area contributed by atoms with Crippen molar-refractivity contribution in [1.82, 2.24) is 0 Å². The van der Waals surface area contributed by atoms with Crippen molar-refractivity contribution < 1.29 is 14.2 Å². The summed E-state index contributed by atoms with van der Waals surface area (Å²) in [6.07, 6.45) is 0.543. The summed E-state index contributed by atoms with van der Waals surface area (Å²) in [7, 11) is 1.58. The molecule has 84 valence electrons. The maximum Gasteiger partial charge on any atom is 0.141 e. The molecule has 15 heavy (non-hydrogen) atoms. The van der Waals surface area contributed by atoms with Crippen LogP contribution in [-0.2, 0) is 11.2 Å². The fourth-order valence-electron chi connectivity index (χ4n) is 1.29. The van der Waals surface area contributed by atoms with E-state index in [1.807, 2.05) is 0 Å². The van der Waals surface area contributed by atoms with Crippen molar-refractivity contribution in [3.05, 3.63) is 34.6 Å². The van der Waals surface area contributed by atoms with Gasteiger partial charge in [-0.2, -0.15) is 0 Å². The Hall–Kier alpha value is -0.640. The molecule has 4 heteroatoms. The van der Waals surface area contributed by atoms with Crippen LogP contribution in [0.25, 0.3) is 0 Å². The van der Waals surface area contributed by atoms with Gasteiger partial charge in [0.05, 0.1) is 11.1 Å². The lowest BCUT2D eigenvalue weighted by atomic mass is 10.1. The third-order valence-electron chi connectivity index (χ3n) is 2.11. The number of halogens is 2. The summed E-state index contributed by atoms with van der Waals surface area (Å²) in [5.74, 6) is -0.438. The Morgan fingerprint density at radius 1 is 1.53 bits per heavy atom. The van der Waals surface area contributed by atoms with Crippen LogP contribution < -0.4 is 0 Å².